The van der Waals surface area contributed by atoms with Crippen molar-refractivity contribution in [1.29, 1.82) is 0 Å². The minimum Gasteiger partial charge on any atom is -0.486 e. The second-order valence-electron chi connectivity index (χ2n) is 9.43. The minimum atomic E-state index is -1.10. The standard InChI is InChI=1S/C24H23ClF2N4O2.H3N/c1-12-18(25)9-28-23-17-10-30(11-19(17)29-31(12)23)24(32)16-5-4-15(26)8-20(16)33-21-7-13-2-3-14(6-13)22(21)27;/h4-5,8-9,13-14,21-22H,2-3,6-7,10-11H2,1H3;1H3/t13-,14-,21-,22?;/m1./s1. The summed E-state index contributed by atoms with van der Waals surface area (Å²) < 4.78 is 36.7. The topological polar surface area (TPSA) is 94.7 Å². The highest BCUT2D eigenvalue weighted by molar-refractivity contribution is 6.31. The van der Waals surface area contributed by atoms with Gasteiger partial charge < -0.3 is 15.8 Å². The van der Waals surface area contributed by atoms with Gasteiger partial charge in [0, 0.05) is 17.8 Å². The molecule has 10 heteroatoms. The molecular formula is C24H26ClF2N5O2. The van der Waals surface area contributed by atoms with Gasteiger partial charge in [-0.3, -0.25) is 4.79 Å². The summed E-state index contributed by atoms with van der Waals surface area (Å²) in [6.45, 7) is 2.48. The predicted molar refractivity (Wildman–Crippen MR) is 122 cm³/mol. The fourth-order valence-electron chi connectivity index (χ4n) is 5.62. The Labute approximate surface area is 200 Å². The van der Waals surface area contributed by atoms with E-state index in [-0.39, 0.29) is 29.3 Å². The number of hydrogen-bond donors (Lipinski definition) is 1. The highest BCUT2D eigenvalue weighted by atomic mass is 35.5. The Bertz CT molecular complexity index is 1280. The molecule has 34 heavy (non-hydrogen) atoms. The lowest BCUT2D eigenvalue weighted by atomic mass is 9.85. The summed E-state index contributed by atoms with van der Waals surface area (Å²) in [4.78, 5) is 19.4. The first kappa shape index (κ1) is 23.0. The quantitative estimate of drug-likeness (QED) is 0.555. The number of alkyl halides is 1. The van der Waals surface area contributed by atoms with Crippen LogP contribution in [0.1, 0.15) is 53.0 Å². The number of ether oxygens (including phenoxy) is 1. The molecule has 1 unspecified atom stereocenters. The predicted octanol–water partition coefficient (Wildman–Crippen LogP) is 5.05. The van der Waals surface area contributed by atoms with Crippen molar-refractivity contribution in [2.24, 2.45) is 11.8 Å². The van der Waals surface area contributed by atoms with E-state index in [2.05, 4.69) is 10.1 Å². The van der Waals surface area contributed by atoms with Crippen LogP contribution in [0.4, 0.5) is 8.78 Å². The van der Waals surface area contributed by atoms with Crippen molar-refractivity contribution in [1.82, 2.24) is 25.6 Å². The number of benzene rings is 1. The summed E-state index contributed by atoms with van der Waals surface area (Å²) in [5, 5.41) is 5.10. The molecule has 2 aromatic heterocycles. The summed E-state index contributed by atoms with van der Waals surface area (Å²) >= 11 is 6.15. The van der Waals surface area contributed by atoms with Gasteiger partial charge in [0.1, 0.15) is 23.8 Å². The van der Waals surface area contributed by atoms with Crippen molar-refractivity contribution in [2.75, 3.05) is 0 Å². The van der Waals surface area contributed by atoms with Crippen molar-refractivity contribution in [3.8, 4) is 5.75 Å². The van der Waals surface area contributed by atoms with Gasteiger partial charge in [0.05, 0.1) is 35.1 Å². The molecule has 7 nitrogen and oxygen atoms in total. The first-order chi connectivity index (χ1) is 15.9. The normalized spacial score (nSPS) is 25.4. The third-order valence-electron chi connectivity index (χ3n) is 7.39. The Morgan fingerprint density at radius 1 is 1.24 bits per heavy atom. The molecule has 1 aromatic carbocycles. The lowest BCUT2D eigenvalue weighted by molar-refractivity contribution is 0.0244. The number of aryl methyl sites for hydroxylation is 1. The van der Waals surface area contributed by atoms with Crippen molar-refractivity contribution in [2.45, 2.75) is 58.0 Å². The van der Waals surface area contributed by atoms with Gasteiger partial charge in [-0.1, -0.05) is 11.6 Å². The van der Waals surface area contributed by atoms with Crippen LogP contribution in [0.3, 0.4) is 0 Å². The second-order valence-corrected chi connectivity index (χ2v) is 9.84. The van der Waals surface area contributed by atoms with E-state index in [1.165, 1.54) is 18.2 Å². The number of rotatable bonds is 3. The molecule has 0 saturated heterocycles. The molecule has 6 rings (SSSR count). The van der Waals surface area contributed by atoms with Gasteiger partial charge in [-0.2, -0.15) is 5.10 Å². The number of halogens is 3. The van der Waals surface area contributed by atoms with Crippen LogP contribution in [0.25, 0.3) is 5.65 Å². The Kier molecular flexibility index (Phi) is 5.72. The number of amides is 1. The van der Waals surface area contributed by atoms with Crippen LogP contribution in [0.2, 0.25) is 5.02 Å². The molecule has 180 valence electrons. The van der Waals surface area contributed by atoms with Gasteiger partial charge in [-0.25, -0.2) is 18.3 Å². The molecule has 3 aromatic rings. The number of carbonyl (C=O) groups excluding carboxylic acids is 1. The lowest BCUT2D eigenvalue weighted by Crippen LogP contribution is -2.38. The summed E-state index contributed by atoms with van der Waals surface area (Å²) in [6.07, 6.45) is 3.20. The van der Waals surface area contributed by atoms with Crippen molar-refractivity contribution in [3.63, 3.8) is 0 Å². The van der Waals surface area contributed by atoms with E-state index in [1.54, 1.807) is 15.6 Å². The SMILES string of the molecule is Cc1c(Cl)cnc2c3c(nn12)CN(C(=O)c1ccc(F)cc1O[C@@H]1C[C@@H]2CC[C@H](C2)C1F)C3.N. The summed E-state index contributed by atoms with van der Waals surface area (Å²) in [6, 6.07) is 3.84. The smallest absolute Gasteiger partial charge is 0.258 e. The molecule has 3 aliphatic rings. The molecule has 0 spiro atoms. The molecule has 3 heterocycles. The van der Waals surface area contributed by atoms with Gasteiger partial charge in [0.25, 0.3) is 5.91 Å². The van der Waals surface area contributed by atoms with Crippen LogP contribution in [0.5, 0.6) is 5.75 Å². The van der Waals surface area contributed by atoms with Crippen molar-refractivity contribution >= 4 is 23.2 Å². The maximum absolute atomic E-state index is 15.0. The monoisotopic (exact) mass is 489 g/mol. The van der Waals surface area contributed by atoms with E-state index in [0.29, 0.717) is 36.1 Å². The van der Waals surface area contributed by atoms with Crippen LogP contribution in [0, 0.1) is 24.6 Å². The minimum absolute atomic E-state index is 0. The van der Waals surface area contributed by atoms with E-state index in [4.69, 9.17) is 16.3 Å². The van der Waals surface area contributed by atoms with E-state index in [0.717, 1.165) is 36.2 Å². The fourth-order valence-corrected chi connectivity index (χ4v) is 5.75. The Morgan fingerprint density at radius 3 is 2.88 bits per heavy atom. The van der Waals surface area contributed by atoms with Gasteiger partial charge in [-0.05, 0) is 56.6 Å². The first-order valence-electron chi connectivity index (χ1n) is 11.3. The fraction of sp³-hybridized carbons (Fsp3) is 0.458. The summed E-state index contributed by atoms with van der Waals surface area (Å²) in [5.41, 5.74) is 3.29. The van der Waals surface area contributed by atoms with E-state index in [9.17, 15) is 13.6 Å². The highest BCUT2D eigenvalue weighted by Crippen LogP contribution is 2.45. The summed E-state index contributed by atoms with van der Waals surface area (Å²) in [5.74, 6) is -0.283. The first-order valence-corrected chi connectivity index (χ1v) is 11.7. The molecule has 2 bridgehead atoms. The lowest BCUT2D eigenvalue weighted by Gasteiger charge is -2.32. The molecule has 2 fully saturated rings. The zero-order chi connectivity index (χ0) is 22.9. The maximum atomic E-state index is 15.0. The van der Waals surface area contributed by atoms with Gasteiger partial charge in [0.15, 0.2) is 5.65 Å². The van der Waals surface area contributed by atoms with Crippen LogP contribution in [0.15, 0.2) is 24.4 Å². The zero-order valence-electron chi connectivity index (χ0n) is 18.8. The molecular weight excluding hydrogens is 464 g/mol. The van der Waals surface area contributed by atoms with Gasteiger partial charge >= 0.3 is 0 Å². The van der Waals surface area contributed by atoms with Crippen LogP contribution >= 0.6 is 11.6 Å². The number of fused-ring (bicyclic) bond motifs is 5. The van der Waals surface area contributed by atoms with Crippen LogP contribution in [-0.2, 0) is 13.1 Å². The largest absolute Gasteiger partial charge is 0.486 e. The van der Waals surface area contributed by atoms with Crippen molar-refractivity contribution < 1.29 is 18.3 Å². The Hall–Kier alpha value is -2.78. The van der Waals surface area contributed by atoms with E-state index in [1.807, 2.05) is 6.92 Å². The molecule has 3 N–H and O–H groups in total. The zero-order valence-corrected chi connectivity index (χ0v) is 19.6. The molecule has 1 aliphatic heterocycles. The maximum Gasteiger partial charge on any atom is 0.258 e. The Balaban J connectivity index is 0.00000241. The summed E-state index contributed by atoms with van der Waals surface area (Å²) in [7, 11) is 0. The van der Waals surface area contributed by atoms with Crippen molar-refractivity contribution in [3.05, 3.63) is 57.8 Å². The van der Waals surface area contributed by atoms with Gasteiger partial charge in [0.2, 0.25) is 0 Å². The molecule has 1 amide bonds. The number of carbonyl (C=O) groups is 1. The number of hydrogen-bond acceptors (Lipinski definition) is 5. The van der Waals surface area contributed by atoms with Crippen LogP contribution < -0.4 is 10.9 Å². The third-order valence-corrected chi connectivity index (χ3v) is 7.76. The van der Waals surface area contributed by atoms with E-state index < -0.39 is 18.1 Å². The number of nitrogens with zero attached hydrogens (tertiary/aromatic N) is 4. The molecule has 4 atom stereocenters. The highest BCUT2D eigenvalue weighted by Gasteiger charge is 2.44. The van der Waals surface area contributed by atoms with Crippen LogP contribution in [-0.4, -0.2) is 37.7 Å². The Morgan fingerprint density at radius 2 is 2.06 bits per heavy atom. The van der Waals surface area contributed by atoms with E-state index >= 15 is 0 Å². The molecule has 2 aliphatic carbocycles. The number of aromatic nitrogens is 3. The molecule has 0 radical (unpaired) electrons. The van der Waals surface area contributed by atoms with Gasteiger partial charge in [-0.15, -0.1) is 0 Å². The molecule has 2 saturated carbocycles. The third kappa shape index (κ3) is 3.62. The average molecular weight is 490 g/mol. The second kappa shape index (κ2) is 8.46. The average Bonchev–Trinajstić information content (AvgIpc) is 3.48.